The smallest absolute Gasteiger partial charge is 0.220 e. The molecule has 3 N–H and O–H groups in total. The van der Waals surface area contributed by atoms with Crippen molar-refractivity contribution in [1.82, 2.24) is 5.32 Å². The van der Waals surface area contributed by atoms with E-state index in [1.807, 2.05) is 20.8 Å². The van der Waals surface area contributed by atoms with Crippen LogP contribution < -0.4 is 11.1 Å². The third kappa shape index (κ3) is 4.28. The van der Waals surface area contributed by atoms with Gasteiger partial charge in [0, 0.05) is 19.6 Å². The van der Waals surface area contributed by atoms with Crippen molar-refractivity contribution in [3.8, 4) is 0 Å². The van der Waals surface area contributed by atoms with Gasteiger partial charge in [0.05, 0.1) is 5.60 Å². The molecular weight excluding hydrogens is 216 g/mol. The molecule has 17 heavy (non-hydrogen) atoms. The van der Waals surface area contributed by atoms with E-state index < -0.39 is 0 Å². The molecule has 1 amide bonds. The predicted molar refractivity (Wildman–Crippen MR) is 68.7 cm³/mol. The van der Waals surface area contributed by atoms with Crippen molar-refractivity contribution in [1.29, 1.82) is 0 Å². The molecule has 0 atom stereocenters. The first-order chi connectivity index (χ1) is 7.93. The van der Waals surface area contributed by atoms with Gasteiger partial charge in [-0.3, -0.25) is 4.79 Å². The van der Waals surface area contributed by atoms with Gasteiger partial charge in [0.25, 0.3) is 0 Å². The Morgan fingerprint density at radius 1 is 1.47 bits per heavy atom. The van der Waals surface area contributed by atoms with Crippen molar-refractivity contribution in [3.63, 3.8) is 0 Å². The van der Waals surface area contributed by atoms with E-state index in [1.165, 1.54) is 6.42 Å². The fourth-order valence-corrected chi connectivity index (χ4v) is 2.29. The normalized spacial score (nSPS) is 18.6. The van der Waals surface area contributed by atoms with E-state index in [4.69, 9.17) is 10.5 Å². The Bertz CT molecular complexity index is 255. The molecule has 1 fully saturated rings. The fraction of sp³-hybridized carbons (Fsp3) is 0.923. The van der Waals surface area contributed by atoms with E-state index in [2.05, 4.69) is 5.32 Å². The van der Waals surface area contributed by atoms with Crippen LogP contribution in [0.3, 0.4) is 0 Å². The second kappa shape index (κ2) is 5.83. The number of amides is 1. The van der Waals surface area contributed by atoms with E-state index in [1.54, 1.807) is 0 Å². The topological polar surface area (TPSA) is 64.3 Å². The van der Waals surface area contributed by atoms with Crippen molar-refractivity contribution in [2.75, 3.05) is 19.7 Å². The second-order valence-corrected chi connectivity index (χ2v) is 5.70. The Labute approximate surface area is 104 Å². The number of nitrogens with one attached hydrogen (secondary N) is 1. The van der Waals surface area contributed by atoms with Crippen LogP contribution in [0.2, 0.25) is 0 Å². The Morgan fingerprint density at radius 2 is 2.12 bits per heavy atom. The molecular formula is C13H26N2O2. The molecule has 0 saturated heterocycles. The zero-order chi connectivity index (χ0) is 12.9. The zero-order valence-electron chi connectivity index (χ0n) is 11.3. The molecule has 4 nitrogen and oxygen atoms in total. The molecule has 1 aliphatic rings. The van der Waals surface area contributed by atoms with E-state index in [0.29, 0.717) is 26.1 Å². The van der Waals surface area contributed by atoms with Crippen LogP contribution in [-0.2, 0) is 9.53 Å². The monoisotopic (exact) mass is 242 g/mol. The number of ether oxygens (including phenoxy) is 1. The molecule has 1 aliphatic carbocycles. The van der Waals surface area contributed by atoms with Crippen molar-refractivity contribution >= 4 is 5.91 Å². The third-order valence-electron chi connectivity index (χ3n) is 3.63. The fourth-order valence-electron chi connectivity index (χ4n) is 2.29. The number of carbonyl (C=O) groups excluding carboxylic acids is 1. The highest BCUT2D eigenvalue weighted by Crippen LogP contribution is 2.42. The first kappa shape index (κ1) is 14.5. The molecule has 0 heterocycles. The standard InChI is InChI=1S/C13H26N2O2/c1-4-17-12(2,3)10-15-11(16)8-13(9-14)6-5-7-13/h4-10,14H2,1-3H3,(H,15,16). The average Bonchev–Trinajstić information content (AvgIpc) is 2.21. The maximum Gasteiger partial charge on any atom is 0.220 e. The Morgan fingerprint density at radius 3 is 2.53 bits per heavy atom. The highest BCUT2D eigenvalue weighted by molar-refractivity contribution is 5.76. The van der Waals surface area contributed by atoms with Gasteiger partial charge in [0.1, 0.15) is 0 Å². The van der Waals surface area contributed by atoms with Crippen LogP contribution in [0.4, 0.5) is 0 Å². The summed E-state index contributed by atoms with van der Waals surface area (Å²) in [4.78, 5) is 11.8. The summed E-state index contributed by atoms with van der Waals surface area (Å²) in [7, 11) is 0. The van der Waals surface area contributed by atoms with E-state index in [0.717, 1.165) is 12.8 Å². The number of hydrogen-bond acceptors (Lipinski definition) is 3. The third-order valence-corrected chi connectivity index (χ3v) is 3.63. The van der Waals surface area contributed by atoms with Crippen LogP contribution in [0.25, 0.3) is 0 Å². The van der Waals surface area contributed by atoms with Crippen LogP contribution in [0.15, 0.2) is 0 Å². The van der Waals surface area contributed by atoms with Crippen LogP contribution in [0.1, 0.15) is 46.5 Å². The summed E-state index contributed by atoms with van der Waals surface area (Å²) in [6.07, 6.45) is 3.94. The molecule has 0 radical (unpaired) electrons. The maximum absolute atomic E-state index is 11.8. The molecule has 0 aliphatic heterocycles. The number of carbonyl (C=O) groups is 1. The van der Waals surface area contributed by atoms with Gasteiger partial charge in [-0.15, -0.1) is 0 Å². The number of rotatable bonds is 7. The minimum atomic E-state index is -0.292. The predicted octanol–water partition coefficient (Wildman–Crippen LogP) is 1.44. The van der Waals surface area contributed by atoms with Crippen LogP contribution >= 0.6 is 0 Å². The number of nitrogens with two attached hydrogens (primary N) is 1. The summed E-state index contributed by atoms with van der Waals surface area (Å²) in [5.41, 5.74) is 5.53. The Hall–Kier alpha value is -0.610. The molecule has 0 aromatic carbocycles. The SMILES string of the molecule is CCOC(C)(C)CNC(=O)CC1(CN)CCC1. The zero-order valence-corrected chi connectivity index (χ0v) is 11.3. The molecule has 1 rings (SSSR count). The maximum atomic E-state index is 11.8. The molecule has 0 aromatic heterocycles. The molecule has 1 saturated carbocycles. The van der Waals surface area contributed by atoms with Crippen molar-refractivity contribution in [3.05, 3.63) is 0 Å². The lowest BCUT2D eigenvalue weighted by molar-refractivity contribution is -0.126. The van der Waals surface area contributed by atoms with Gasteiger partial charge in [-0.2, -0.15) is 0 Å². The molecule has 100 valence electrons. The largest absolute Gasteiger partial charge is 0.374 e. The lowest BCUT2D eigenvalue weighted by atomic mass is 9.66. The minimum Gasteiger partial charge on any atom is -0.374 e. The van der Waals surface area contributed by atoms with Crippen molar-refractivity contribution < 1.29 is 9.53 Å². The van der Waals surface area contributed by atoms with Crippen LogP contribution in [0.5, 0.6) is 0 Å². The first-order valence-electron chi connectivity index (χ1n) is 6.54. The van der Waals surface area contributed by atoms with E-state index in [-0.39, 0.29) is 16.9 Å². The summed E-state index contributed by atoms with van der Waals surface area (Å²) >= 11 is 0. The summed E-state index contributed by atoms with van der Waals surface area (Å²) in [5, 5.41) is 2.95. The first-order valence-corrected chi connectivity index (χ1v) is 6.54. The van der Waals surface area contributed by atoms with E-state index in [9.17, 15) is 4.79 Å². The van der Waals surface area contributed by atoms with Gasteiger partial charge in [-0.05, 0) is 45.6 Å². The van der Waals surface area contributed by atoms with Crippen molar-refractivity contribution in [2.45, 2.75) is 52.1 Å². The summed E-state index contributed by atoms with van der Waals surface area (Å²) in [5.74, 6) is 0.0999. The number of hydrogen-bond donors (Lipinski definition) is 2. The molecule has 4 heteroatoms. The molecule has 0 bridgehead atoms. The molecule has 0 aromatic rings. The van der Waals surface area contributed by atoms with E-state index >= 15 is 0 Å². The summed E-state index contributed by atoms with van der Waals surface area (Å²) in [6, 6.07) is 0. The van der Waals surface area contributed by atoms with Crippen LogP contribution in [-0.4, -0.2) is 31.2 Å². The summed E-state index contributed by atoms with van der Waals surface area (Å²) in [6.45, 7) is 7.77. The second-order valence-electron chi connectivity index (χ2n) is 5.70. The van der Waals surface area contributed by atoms with Gasteiger partial charge in [0.15, 0.2) is 0 Å². The average molecular weight is 242 g/mol. The molecule has 0 spiro atoms. The van der Waals surface area contributed by atoms with Crippen molar-refractivity contribution in [2.24, 2.45) is 11.1 Å². The highest BCUT2D eigenvalue weighted by Gasteiger charge is 2.37. The minimum absolute atomic E-state index is 0.0832. The Balaban J connectivity index is 2.30. The van der Waals surface area contributed by atoms with Gasteiger partial charge in [-0.25, -0.2) is 0 Å². The highest BCUT2D eigenvalue weighted by atomic mass is 16.5. The van der Waals surface area contributed by atoms with Crippen LogP contribution in [0, 0.1) is 5.41 Å². The van der Waals surface area contributed by atoms with Gasteiger partial charge >= 0.3 is 0 Å². The lowest BCUT2D eigenvalue weighted by Gasteiger charge is -2.40. The summed E-state index contributed by atoms with van der Waals surface area (Å²) < 4.78 is 5.54. The quantitative estimate of drug-likeness (QED) is 0.710. The van der Waals surface area contributed by atoms with Gasteiger partial charge < -0.3 is 15.8 Å². The molecule has 0 unspecified atom stereocenters. The van der Waals surface area contributed by atoms with Gasteiger partial charge in [-0.1, -0.05) is 6.42 Å². The Kier molecular flexibility index (Phi) is 4.95. The van der Waals surface area contributed by atoms with Gasteiger partial charge in [0.2, 0.25) is 5.91 Å². The lowest BCUT2D eigenvalue weighted by Crippen LogP contribution is -2.45.